The highest BCUT2D eigenvalue weighted by Crippen LogP contribution is 2.15. The first kappa shape index (κ1) is 8.51. The molecule has 1 N–H and O–H groups in total. The zero-order valence-corrected chi connectivity index (χ0v) is 7.01. The Labute approximate surface area is 68.0 Å². The van der Waals surface area contributed by atoms with E-state index >= 15 is 0 Å². The van der Waals surface area contributed by atoms with Gasteiger partial charge in [0.1, 0.15) is 0 Å². The number of nitrogens with zero attached hydrogens (tertiary/aromatic N) is 2. The standard InChI is InChI=1S/C8H15N3/c1-10-7-8-3-2-5-11(8)6-4-9/h8,10H,2-3,5-7H2,1H3. The lowest BCUT2D eigenvalue weighted by molar-refractivity contribution is 0.279. The van der Waals surface area contributed by atoms with Crippen LogP contribution in [0.25, 0.3) is 0 Å². The molecule has 0 saturated carbocycles. The summed E-state index contributed by atoms with van der Waals surface area (Å²) in [6, 6.07) is 2.79. The van der Waals surface area contributed by atoms with Gasteiger partial charge in [0.25, 0.3) is 0 Å². The van der Waals surface area contributed by atoms with Crippen molar-refractivity contribution in [3.8, 4) is 6.07 Å². The topological polar surface area (TPSA) is 39.1 Å². The lowest BCUT2D eigenvalue weighted by Gasteiger charge is -2.20. The molecule has 1 aliphatic rings. The van der Waals surface area contributed by atoms with Gasteiger partial charge in [0, 0.05) is 12.6 Å². The van der Waals surface area contributed by atoms with Gasteiger partial charge in [0.15, 0.2) is 0 Å². The molecule has 0 aliphatic carbocycles. The average molecular weight is 153 g/mol. The van der Waals surface area contributed by atoms with Crippen molar-refractivity contribution in [2.75, 3.05) is 26.7 Å². The molecule has 1 aliphatic heterocycles. The van der Waals surface area contributed by atoms with Gasteiger partial charge in [-0.2, -0.15) is 5.26 Å². The summed E-state index contributed by atoms with van der Waals surface area (Å²) >= 11 is 0. The first-order valence-electron chi connectivity index (χ1n) is 4.14. The Hall–Kier alpha value is -0.590. The monoisotopic (exact) mass is 153 g/mol. The third-order valence-corrected chi connectivity index (χ3v) is 2.21. The van der Waals surface area contributed by atoms with Gasteiger partial charge in [0.05, 0.1) is 12.6 Å². The minimum absolute atomic E-state index is 0.590. The molecular weight excluding hydrogens is 138 g/mol. The zero-order chi connectivity index (χ0) is 8.10. The number of likely N-dealkylation sites (N-methyl/N-ethyl adjacent to an activating group) is 1. The van der Waals surface area contributed by atoms with E-state index in [1.807, 2.05) is 7.05 Å². The maximum absolute atomic E-state index is 8.50. The molecule has 1 fully saturated rings. The van der Waals surface area contributed by atoms with Gasteiger partial charge in [-0.1, -0.05) is 0 Å². The van der Waals surface area contributed by atoms with Crippen LogP contribution in [0.3, 0.4) is 0 Å². The molecule has 1 unspecified atom stereocenters. The molecule has 1 heterocycles. The maximum Gasteiger partial charge on any atom is 0.0868 e. The van der Waals surface area contributed by atoms with Crippen LogP contribution in [-0.2, 0) is 0 Å². The lowest BCUT2D eigenvalue weighted by atomic mass is 10.2. The van der Waals surface area contributed by atoms with Crippen molar-refractivity contribution in [3.63, 3.8) is 0 Å². The molecule has 1 saturated heterocycles. The molecule has 1 atom stereocenters. The first-order valence-corrected chi connectivity index (χ1v) is 4.14. The quantitative estimate of drug-likeness (QED) is 0.588. The fourth-order valence-electron chi connectivity index (χ4n) is 1.66. The number of hydrogen-bond acceptors (Lipinski definition) is 3. The normalized spacial score (nSPS) is 25.3. The summed E-state index contributed by atoms with van der Waals surface area (Å²) in [7, 11) is 1.96. The molecule has 0 bridgehead atoms. The van der Waals surface area contributed by atoms with Crippen LogP contribution in [0.5, 0.6) is 0 Å². The van der Waals surface area contributed by atoms with Gasteiger partial charge in [0.2, 0.25) is 0 Å². The van der Waals surface area contributed by atoms with E-state index in [0.717, 1.165) is 13.1 Å². The van der Waals surface area contributed by atoms with E-state index in [4.69, 9.17) is 5.26 Å². The Bertz CT molecular complexity index is 150. The van der Waals surface area contributed by atoms with Gasteiger partial charge in [-0.15, -0.1) is 0 Å². The number of likely N-dealkylation sites (tertiary alicyclic amines) is 1. The molecule has 1 rings (SSSR count). The van der Waals surface area contributed by atoms with E-state index in [0.29, 0.717) is 12.6 Å². The fraction of sp³-hybridized carbons (Fsp3) is 0.875. The second-order valence-corrected chi connectivity index (χ2v) is 2.98. The van der Waals surface area contributed by atoms with Crippen LogP contribution in [-0.4, -0.2) is 37.6 Å². The highest BCUT2D eigenvalue weighted by atomic mass is 15.2. The van der Waals surface area contributed by atoms with Crippen LogP contribution in [0, 0.1) is 11.3 Å². The van der Waals surface area contributed by atoms with Gasteiger partial charge in [-0.25, -0.2) is 0 Å². The summed E-state index contributed by atoms with van der Waals surface area (Å²) in [5, 5.41) is 11.6. The number of hydrogen-bond donors (Lipinski definition) is 1. The Morgan fingerprint density at radius 3 is 3.18 bits per heavy atom. The van der Waals surface area contributed by atoms with E-state index in [1.54, 1.807) is 0 Å². The van der Waals surface area contributed by atoms with Crippen molar-refractivity contribution in [1.29, 1.82) is 5.26 Å². The average Bonchev–Trinajstić information content (AvgIpc) is 2.39. The zero-order valence-electron chi connectivity index (χ0n) is 7.01. The van der Waals surface area contributed by atoms with Crippen molar-refractivity contribution in [3.05, 3.63) is 0 Å². The Kier molecular flexibility index (Phi) is 3.34. The number of nitriles is 1. The van der Waals surface area contributed by atoms with Crippen molar-refractivity contribution in [2.24, 2.45) is 0 Å². The molecule has 0 aromatic heterocycles. The molecule has 0 spiro atoms. The highest BCUT2D eigenvalue weighted by molar-refractivity contribution is 4.86. The van der Waals surface area contributed by atoms with Crippen LogP contribution >= 0.6 is 0 Å². The predicted octanol–water partition coefficient (Wildman–Crippen LogP) is 0.194. The molecule has 0 radical (unpaired) electrons. The molecule has 0 aromatic carbocycles. The van der Waals surface area contributed by atoms with E-state index < -0.39 is 0 Å². The second-order valence-electron chi connectivity index (χ2n) is 2.98. The summed E-state index contributed by atoms with van der Waals surface area (Å²) in [5.41, 5.74) is 0. The summed E-state index contributed by atoms with van der Waals surface area (Å²) < 4.78 is 0. The first-order chi connectivity index (χ1) is 5.38. The smallest absolute Gasteiger partial charge is 0.0868 e. The maximum atomic E-state index is 8.50. The molecular formula is C8H15N3. The summed E-state index contributed by atoms with van der Waals surface area (Å²) in [6.45, 7) is 2.70. The predicted molar refractivity (Wildman–Crippen MR) is 44.1 cm³/mol. The number of rotatable bonds is 3. The highest BCUT2D eigenvalue weighted by Gasteiger charge is 2.22. The third kappa shape index (κ3) is 2.18. The van der Waals surface area contributed by atoms with Gasteiger partial charge < -0.3 is 5.32 Å². The molecule has 0 amide bonds. The van der Waals surface area contributed by atoms with E-state index in [9.17, 15) is 0 Å². The Morgan fingerprint density at radius 1 is 1.73 bits per heavy atom. The summed E-state index contributed by atoms with van der Waals surface area (Å²) in [5.74, 6) is 0. The van der Waals surface area contributed by atoms with Crippen molar-refractivity contribution < 1.29 is 0 Å². The lowest BCUT2D eigenvalue weighted by Crippen LogP contribution is -2.36. The fourth-order valence-corrected chi connectivity index (χ4v) is 1.66. The Balaban J connectivity index is 2.32. The van der Waals surface area contributed by atoms with Gasteiger partial charge >= 0.3 is 0 Å². The SMILES string of the molecule is CNCC1CCCN1CC#N. The van der Waals surface area contributed by atoms with Gasteiger partial charge in [-0.3, -0.25) is 4.90 Å². The second kappa shape index (κ2) is 4.32. The minimum Gasteiger partial charge on any atom is -0.318 e. The van der Waals surface area contributed by atoms with Gasteiger partial charge in [-0.05, 0) is 26.4 Å². The van der Waals surface area contributed by atoms with Crippen LogP contribution in [0.2, 0.25) is 0 Å². The van der Waals surface area contributed by atoms with E-state index in [1.165, 1.54) is 12.8 Å². The Morgan fingerprint density at radius 2 is 2.55 bits per heavy atom. The summed E-state index contributed by atoms with van der Waals surface area (Å²) in [6.07, 6.45) is 2.48. The largest absolute Gasteiger partial charge is 0.318 e. The van der Waals surface area contributed by atoms with Crippen molar-refractivity contribution in [1.82, 2.24) is 10.2 Å². The van der Waals surface area contributed by atoms with Crippen LogP contribution in [0.15, 0.2) is 0 Å². The van der Waals surface area contributed by atoms with E-state index in [2.05, 4.69) is 16.3 Å². The van der Waals surface area contributed by atoms with Crippen LogP contribution in [0.4, 0.5) is 0 Å². The van der Waals surface area contributed by atoms with Crippen LogP contribution < -0.4 is 5.32 Å². The molecule has 3 heteroatoms. The molecule has 0 aromatic rings. The molecule has 11 heavy (non-hydrogen) atoms. The minimum atomic E-state index is 0.590. The van der Waals surface area contributed by atoms with Crippen molar-refractivity contribution >= 4 is 0 Å². The third-order valence-electron chi connectivity index (χ3n) is 2.21. The number of nitrogens with one attached hydrogen (secondary N) is 1. The summed E-state index contributed by atoms with van der Waals surface area (Å²) in [4.78, 5) is 2.25. The molecule has 62 valence electrons. The van der Waals surface area contributed by atoms with Crippen molar-refractivity contribution in [2.45, 2.75) is 18.9 Å². The van der Waals surface area contributed by atoms with E-state index in [-0.39, 0.29) is 0 Å². The van der Waals surface area contributed by atoms with Crippen LogP contribution in [0.1, 0.15) is 12.8 Å². The molecule has 3 nitrogen and oxygen atoms in total.